The molecule has 0 N–H and O–H groups in total. The first-order valence-corrected chi connectivity index (χ1v) is 2.17. The second kappa shape index (κ2) is 3.58. The molecule has 0 aliphatic rings. The minimum absolute atomic E-state index is 0. The van der Waals surface area contributed by atoms with Gasteiger partial charge in [0, 0.05) is 0 Å². The minimum atomic E-state index is -4.97. The zero-order valence-corrected chi connectivity index (χ0v) is 5.39. The van der Waals surface area contributed by atoms with Crippen LogP contribution in [0.4, 0.5) is 0 Å². The molecule has 0 atom stereocenters. The van der Waals surface area contributed by atoms with Crippen LogP contribution in [-0.2, 0) is 14.7 Å². The van der Waals surface area contributed by atoms with Gasteiger partial charge >= 0.3 is 23.1 Å². The molecule has 0 fully saturated rings. The van der Waals surface area contributed by atoms with Gasteiger partial charge in [-0.2, -0.15) is 0 Å². The Kier molecular flexibility index (Phi) is 5.40. The van der Waals surface area contributed by atoms with Gasteiger partial charge in [-0.15, -0.1) is 0 Å². The Hall–Kier alpha value is 0.596. The third kappa shape index (κ3) is 10.8. The maximum Gasteiger partial charge on any atom is 2.00 e. The molecule has 0 saturated heterocycles. The standard InChI is InChI=1S/Mg.H2O5S/c;1-5-6(2,3)4/h;1H,(H,2,3,4)/q+2;/p-2. The second-order valence-corrected chi connectivity index (χ2v) is 1.43. The molecule has 0 amide bonds. The smallest absolute Gasteiger partial charge is 0.726 e. The first-order valence-electron chi connectivity index (χ1n) is 0.833. The van der Waals surface area contributed by atoms with E-state index >= 15 is 0 Å². The SMILES string of the molecule is O=S(=O)([O-])O[O-].[Mg+2]. The molecule has 0 heterocycles. The molecule has 0 bridgehead atoms. The second-order valence-electron chi connectivity index (χ2n) is 0.476. The fourth-order valence-electron chi connectivity index (χ4n) is 0. The Morgan fingerprint density at radius 3 is 1.57 bits per heavy atom. The fraction of sp³-hybridized carbons (Fsp3) is 0. The maximum absolute atomic E-state index is 8.91. The van der Waals surface area contributed by atoms with E-state index in [1.807, 2.05) is 0 Å². The molecule has 0 aromatic heterocycles. The monoisotopic (exact) mass is 136 g/mol. The molecule has 0 unspecified atom stereocenters. The Balaban J connectivity index is 0. The molecule has 0 rings (SSSR count). The van der Waals surface area contributed by atoms with Crippen molar-refractivity contribution in [3.63, 3.8) is 0 Å². The molecule has 0 aliphatic carbocycles. The van der Waals surface area contributed by atoms with E-state index < -0.39 is 10.4 Å². The predicted octanol–water partition coefficient (Wildman–Crippen LogP) is -2.64. The van der Waals surface area contributed by atoms with Gasteiger partial charge in [-0.05, 0) is 0 Å². The van der Waals surface area contributed by atoms with Crippen molar-refractivity contribution in [3.8, 4) is 0 Å². The number of hydrogen-bond acceptors (Lipinski definition) is 5. The minimum Gasteiger partial charge on any atom is -0.726 e. The van der Waals surface area contributed by atoms with Gasteiger partial charge in [0.15, 0.2) is 0 Å². The zero-order chi connectivity index (χ0) is 5.21. The fourth-order valence-corrected chi connectivity index (χ4v) is 0. The molecule has 5 nitrogen and oxygen atoms in total. The van der Waals surface area contributed by atoms with Crippen LogP contribution in [0.5, 0.6) is 0 Å². The molecule has 0 saturated carbocycles. The van der Waals surface area contributed by atoms with Gasteiger partial charge < -0.3 is 14.1 Å². The average Bonchev–Trinajstić information content (AvgIpc) is 1.35. The maximum atomic E-state index is 8.91. The summed E-state index contributed by atoms with van der Waals surface area (Å²) in [6, 6.07) is 0. The van der Waals surface area contributed by atoms with Crippen LogP contribution < -0.4 is 5.26 Å². The van der Waals surface area contributed by atoms with Gasteiger partial charge in [0.05, 0.1) is 0 Å². The van der Waals surface area contributed by atoms with Gasteiger partial charge in [-0.3, -0.25) is 0 Å². The van der Waals surface area contributed by atoms with E-state index in [0.29, 0.717) is 0 Å². The summed E-state index contributed by atoms with van der Waals surface area (Å²) < 4.78 is 28.8. The molecular formula is MgO5S. The third-order valence-corrected chi connectivity index (χ3v) is 0.250. The number of hydrogen-bond donors (Lipinski definition) is 0. The topological polar surface area (TPSA) is 89.5 Å². The Labute approximate surface area is 56.3 Å². The van der Waals surface area contributed by atoms with E-state index in [1.54, 1.807) is 0 Å². The Morgan fingerprint density at radius 2 is 1.57 bits per heavy atom. The first kappa shape index (κ1) is 10.6. The Morgan fingerprint density at radius 1 is 1.43 bits per heavy atom. The van der Waals surface area contributed by atoms with Crippen LogP contribution >= 0.6 is 0 Å². The van der Waals surface area contributed by atoms with Gasteiger partial charge in [-0.1, -0.05) is 0 Å². The van der Waals surface area contributed by atoms with Crippen LogP contribution in [0.15, 0.2) is 0 Å². The molecule has 0 aromatic rings. The van der Waals surface area contributed by atoms with Crippen molar-refractivity contribution in [2.24, 2.45) is 0 Å². The molecule has 7 heteroatoms. The Bertz CT molecular complexity index is 110. The first-order chi connectivity index (χ1) is 2.56. The molecular weight excluding hydrogens is 136 g/mol. The molecule has 7 heavy (non-hydrogen) atoms. The average molecular weight is 136 g/mol. The van der Waals surface area contributed by atoms with Gasteiger partial charge in [0.25, 0.3) is 0 Å². The van der Waals surface area contributed by atoms with E-state index in [4.69, 9.17) is 18.2 Å². The van der Waals surface area contributed by atoms with Crippen LogP contribution in [0.2, 0.25) is 0 Å². The van der Waals surface area contributed by atoms with E-state index in [-0.39, 0.29) is 23.1 Å². The quantitative estimate of drug-likeness (QED) is 0.129. The van der Waals surface area contributed by atoms with Crippen molar-refractivity contribution in [1.29, 1.82) is 0 Å². The summed E-state index contributed by atoms with van der Waals surface area (Å²) in [5, 5.41) is 8.55. The summed E-state index contributed by atoms with van der Waals surface area (Å²) in [6.45, 7) is 0. The normalized spacial score (nSPS) is 10.0. The summed E-state index contributed by atoms with van der Waals surface area (Å²) >= 11 is 0. The summed E-state index contributed by atoms with van der Waals surface area (Å²) in [6.07, 6.45) is 0. The summed E-state index contributed by atoms with van der Waals surface area (Å²) in [7, 11) is -4.97. The van der Waals surface area contributed by atoms with Crippen LogP contribution in [0.1, 0.15) is 0 Å². The summed E-state index contributed by atoms with van der Waals surface area (Å²) in [4.78, 5) is 0. The summed E-state index contributed by atoms with van der Waals surface area (Å²) in [5.74, 6) is 0. The van der Waals surface area contributed by atoms with Crippen LogP contribution in [0.3, 0.4) is 0 Å². The van der Waals surface area contributed by atoms with Crippen molar-refractivity contribution >= 4 is 33.5 Å². The van der Waals surface area contributed by atoms with E-state index in [0.717, 1.165) is 0 Å². The van der Waals surface area contributed by atoms with E-state index in [1.165, 1.54) is 0 Å². The largest absolute Gasteiger partial charge is 2.00 e. The molecule has 0 spiro atoms. The molecule has 0 aromatic carbocycles. The van der Waals surface area contributed by atoms with Gasteiger partial charge in [-0.25, -0.2) is 8.42 Å². The van der Waals surface area contributed by atoms with Crippen molar-refractivity contribution in [2.45, 2.75) is 0 Å². The van der Waals surface area contributed by atoms with Gasteiger partial charge in [0.2, 0.25) is 10.4 Å². The van der Waals surface area contributed by atoms with Crippen molar-refractivity contribution in [3.05, 3.63) is 0 Å². The van der Waals surface area contributed by atoms with E-state index in [2.05, 4.69) is 4.33 Å². The third-order valence-electron chi connectivity index (χ3n) is 0.0833. The summed E-state index contributed by atoms with van der Waals surface area (Å²) in [5.41, 5.74) is 0. The van der Waals surface area contributed by atoms with Gasteiger partial charge in [0.1, 0.15) is 0 Å². The van der Waals surface area contributed by atoms with Crippen LogP contribution in [0.25, 0.3) is 0 Å². The van der Waals surface area contributed by atoms with Crippen molar-refractivity contribution < 1.29 is 22.6 Å². The van der Waals surface area contributed by atoms with Crippen molar-refractivity contribution in [1.82, 2.24) is 0 Å². The van der Waals surface area contributed by atoms with E-state index in [9.17, 15) is 0 Å². The predicted molar refractivity (Wildman–Crippen MR) is 16.5 cm³/mol. The molecule has 0 radical (unpaired) electrons. The zero-order valence-electron chi connectivity index (χ0n) is 3.16. The number of rotatable bonds is 1. The molecule has 0 aliphatic heterocycles. The van der Waals surface area contributed by atoms with Crippen molar-refractivity contribution in [2.75, 3.05) is 0 Å². The van der Waals surface area contributed by atoms with Crippen LogP contribution in [0, 0.1) is 0 Å². The molecule has 38 valence electrons. The van der Waals surface area contributed by atoms with Crippen LogP contribution in [-0.4, -0.2) is 36.0 Å².